The molecule has 0 bridgehead atoms. The number of hydrogen-bond donors (Lipinski definition) is 1. The molecule has 1 aliphatic heterocycles. The van der Waals surface area contributed by atoms with Crippen LogP contribution in [0.15, 0.2) is 34.9 Å². The van der Waals surface area contributed by atoms with Gasteiger partial charge in [0.05, 0.1) is 25.5 Å². The van der Waals surface area contributed by atoms with Gasteiger partial charge in [-0.2, -0.15) is 0 Å². The van der Waals surface area contributed by atoms with Crippen LogP contribution in [0.4, 0.5) is 10.5 Å². The summed E-state index contributed by atoms with van der Waals surface area (Å²) in [7, 11) is 1.30. The van der Waals surface area contributed by atoms with Gasteiger partial charge in [-0.3, -0.25) is 4.79 Å². The summed E-state index contributed by atoms with van der Waals surface area (Å²) in [5.74, 6) is -0.236. The molecule has 1 N–H and O–H groups in total. The molecule has 0 saturated heterocycles. The molecule has 0 aliphatic carbocycles. The number of hydrogen-bond acceptors (Lipinski definition) is 6. The number of amides is 2. The minimum atomic E-state index is -0.525. The molecule has 0 radical (unpaired) electrons. The Hall–Kier alpha value is -3.29. The van der Waals surface area contributed by atoms with Crippen molar-refractivity contribution in [2.24, 2.45) is 0 Å². The van der Waals surface area contributed by atoms with Crippen LogP contribution >= 0.6 is 0 Å². The molecule has 3 rings (SSSR count). The van der Waals surface area contributed by atoms with Crippen LogP contribution < -0.4 is 10.2 Å². The van der Waals surface area contributed by atoms with Gasteiger partial charge in [0, 0.05) is 24.2 Å². The number of alkyl carbamates (subject to hydrolysis) is 1. The van der Waals surface area contributed by atoms with E-state index in [0.29, 0.717) is 29.0 Å². The number of carbonyl (C=O) groups excluding carboxylic acids is 3. The SMILES string of the molecule is COC(=O)c1ccoc1-c1ccc2c(c1)[C@H](NC(=O)OC(C)C)C[C@H](C)N2C(C)=O. The minimum Gasteiger partial charge on any atom is -0.465 e. The third-order valence-electron chi connectivity index (χ3n) is 4.99. The Morgan fingerprint density at radius 1 is 1.23 bits per heavy atom. The number of rotatable bonds is 4. The van der Waals surface area contributed by atoms with E-state index in [2.05, 4.69) is 5.32 Å². The van der Waals surface area contributed by atoms with Crippen LogP contribution in [0.2, 0.25) is 0 Å². The molecule has 2 amide bonds. The van der Waals surface area contributed by atoms with Crippen LogP contribution in [-0.4, -0.2) is 37.2 Å². The third kappa shape index (κ3) is 4.17. The summed E-state index contributed by atoms with van der Waals surface area (Å²) in [6.45, 7) is 7.00. The molecular weight excluding hydrogens is 388 g/mol. The van der Waals surface area contributed by atoms with Gasteiger partial charge in [0.2, 0.25) is 5.91 Å². The smallest absolute Gasteiger partial charge is 0.407 e. The molecule has 1 aromatic carbocycles. The van der Waals surface area contributed by atoms with Crippen molar-refractivity contribution in [1.29, 1.82) is 0 Å². The van der Waals surface area contributed by atoms with Crippen molar-refractivity contribution in [3.05, 3.63) is 41.7 Å². The van der Waals surface area contributed by atoms with Crippen LogP contribution in [0.25, 0.3) is 11.3 Å². The fourth-order valence-electron chi connectivity index (χ4n) is 3.82. The van der Waals surface area contributed by atoms with Gasteiger partial charge >= 0.3 is 12.1 Å². The molecule has 1 aliphatic rings. The van der Waals surface area contributed by atoms with Gasteiger partial charge in [0.25, 0.3) is 0 Å². The maximum atomic E-state index is 12.3. The molecule has 2 aromatic rings. The minimum absolute atomic E-state index is 0.0899. The maximum Gasteiger partial charge on any atom is 0.407 e. The molecular formula is C22H26N2O6. The zero-order valence-electron chi connectivity index (χ0n) is 17.7. The average Bonchev–Trinajstić information content (AvgIpc) is 3.16. The first-order valence-electron chi connectivity index (χ1n) is 9.80. The molecule has 0 fully saturated rings. The first-order valence-corrected chi connectivity index (χ1v) is 9.80. The highest BCUT2D eigenvalue weighted by atomic mass is 16.6. The van der Waals surface area contributed by atoms with Crippen molar-refractivity contribution in [1.82, 2.24) is 5.32 Å². The number of nitrogens with zero attached hydrogens (tertiary/aromatic N) is 1. The molecule has 160 valence electrons. The fourth-order valence-corrected chi connectivity index (χ4v) is 3.82. The predicted octanol–water partition coefficient (Wildman–Crippen LogP) is 4.05. The van der Waals surface area contributed by atoms with Crippen LogP contribution in [0.1, 0.15) is 56.1 Å². The van der Waals surface area contributed by atoms with Gasteiger partial charge in [-0.1, -0.05) is 0 Å². The van der Waals surface area contributed by atoms with E-state index in [1.54, 1.807) is 36.9 Å². The summed E-state index contributed by atoms with van der Waals surface area (Å²) in [4.78, 5) is 38.3. The molecule has 1 aromatic heterocycles. The second-order valence-electron chi connectivity index (χ2n) is 7.55. The predicted molar refractivity (Wildman–Crippen MR) is 110 cm³/mol. The Kier molecular flexibility index (Phi) is 6.14. The molecule has 0 unspecified atom stereocenters. The van der Waals surface area contributed by atoms with Crippen molar-refractivity contribution in [2.75, 3.05) is 12.0 Å². The second-order valence-corrected chi connectivity index (χ2v) is 7.55. The van der Waals surface area contributed by atoms with Crippen molar-refractivity contribution in [3.63, 3.8) is 0 Å². The molecule has 0 spiro atoms. The van der Waals surface area contributed by atoms with E-state index >= 15 is 0 Å². The van der Waals surface area contributed by atoms with Crippen molar-refractivity contribution in [2.45, 2.75) is 52.3 Å². The van der Waals surface area contributed by atoms with Gasteiger partial charge in [0.15, 0.2) is 0 Å². The molecule has 8 heteroatoms. The fraction of sp³-hybridized carbons (Fsp3) is 0.409. The van der Waals surface area contributed by atoms with Crippen molar-refractivity contribution in [3.8, 4) is 11.3 Å². The zero-order valence-corrected chi connectivity index (χ0v) is 17.7. The van der Waals surface area contributed by atoms with Gasteiger partial charge in [-0.25, -0.2) is 9.59 Å². The summed E-state index contributed by atoms with van der Waals surface area (Å²) >= 11 is 0. The summed E-state index contributed by atoms with van der Waals surface area (Å²) in [5.41, 5.74) is 2.38. The molecule has 8 nitrogen and oxygen atoms in total. The number of benzene rings is 1. The first-order chi connectivity index (χ1) is 14.2. The second kappa shape index (κ2) is 8.61. The quantitative estimate of drug-likeness (QED) is 0.758. The maximum absolute atomic E-state index is 12.3. The Morgan fingerprint density at radius 2 is 1.97 bits per heavy atom. The lowest BCUT2D eigenvalue weighted by molar-refractivity contribution is -0.117. The van der Waals surface area contributed by atoms with Crippen LogP contribution in [0, 0.1) is 0 Å². The highest BCUT2D eigenvalue weighted by Crippen LogP contribution is 2.40. The topological polar surface area (TPSA) is 98.1 Å². The highest BCUT2D eigenvalue weighted by molar-refractivity contribution is 5.97. The number of esters is 1. The summed E-state index contributed by atoms with van der Waals surface area (Å²) in [6, 6.07) is 6.46. The van der Waals surface area contributed by atoms with E-state index in [1.165, 1.54) is 20.3 Å². The first kappa shape index (κ1) is 21.4. The van der Waals surface area contributed by atoms with Gasteiger partial charge in [-0.15, -0.1) is 0 Å². The lowest BCUT2D eigenvalue weighted by atomic mass is 9.89. The van der Waals surface area contributed by atoms with E-state index in [1.807, 2.05) is 13.0 Å². The van der Waals surface area contributed by atoms with E-state index < -0.39 is 12.1 Å². The molecule has 30 heavy (non-hydrogen) atoms. The zero-order chi connectivity index (χ0) is 22.0. The molecule has 0 saturated carbocycles. The third-order valence-corrected chi connectivity index (χ3v) is 4.99. The summed E-state index contributed by atoms with van der Waals surface area (Å²) < 4.78 is 15.6. The largest absolute Gasteiger partial charge is 0.465 e. The number of ether oxygens (including phenoxy) is 2. The Labute approximate surface area is 175 Å². The van der Waals surface area contributed by atoms with E-state index in [4.69, 9.17) is 13.9 Å². The normalized spacial score (nSPS) is 18.0. The van der Waals surface area contributed by atoms with Crippen LogP contribution in [-0.2, 0) is 14.3 Å². The average molecular weight is 414 g/mol. The number of methoxy groups -OCH3 is 1. The Balaban J connectivity index is 2.06. The lowest BCUT2D eigenvalue weighted by Gasteiger charge is -2.39. The highest BCUT2D eigenvalue weighted by Gasteiger charge is 2.34. The number of fused-ring (bicyclic) bond motifs is 1. The van der Waals surface area contributed by atoms with E-state index in [0.717, 1.165) is 5.56 Å². The Bertz CT molecular complexity index is 964. The van der Waals surface area contributed by atoms with Crippen LogP contribution in [0.5, 0.6) is 0 Å². The number of anilines is 1. The number of furan rings is 1. The number of nitrogens with one attached hydrogen (secondary N) is 1. The van der Waals surface area contributed by atoms with Gasteiger partial charge in [0.1, 0.15) is 11.3 Å². The van der Waals surface area contributed by atoms with E-state index in [9.17, 15) is 14.4 Å². The number of carbonyl (C=O) groups is 3. The Morgan fingerprint density at radius 3 is 2.60 bits per heavy atom. The van der Waals surface area contributed by atoms with Crippen LogP contribution in [0.3, 0.4) is 0 Å². The standard InChI is InChI=1S/C22H26N2O6/c1-12(2)30-22(27)23-18-10-13(3)24(14(4)25)19-7-6-15(11-17(18)19)20-16(8-9-29-20)21(26)28-5/h6-9,11-13,18H,10H2,1-5H3,(H,23,27)/t13-,18+/m0/s1. The molecule has 2 heterocycles. The van der Waals surface area contributed by atoms with E-state index in [-0.39, 0.29) is 24.1 Å². The van der Waals surface area contributed by atoms with Gasteiger partial charge < -0.3 is 24.1 Å². The lowest BCUT2D eigenvalue weighted by Crippen LogP contribution is -2.45. The summed E-state index contributed by atoms with van der Waals surface area (Å²) in [5, 5.41) is 2.90. The van der Waals surface area contributed by atoms with Crippen molar-refractivity contribution < 1.29 is 28.3 Å². The summed E-state index contributed by atoms with van der Waals surface area (Å²) in [6.07, 6.45) is 1.16. The monoisotopic (exact) mass is 414 g/mol. The van der Waals surface area contributed by atoms with Crippen molar-refractivity contribution >= 4 is 23.7 Å². The van der Waals surface area contributed by atoms with Gasteiger partial charge in [-0.05, 0) is 57.0 Å². The molecule has 2 atom stereocenters.